The SMILES string of the molecule is CN1C(=O)[C@H](NC(=O)C=Cc2ccc(I)cc2)N=C(c2ccccc2)c2ccccc21. The van der Waals surface area contributed by atoms with Crippen molar-refractivity contribution in [1.29, 1.82) is 0 Å². The summed E-state index contributed by atoms with van der Waals surface area (Å²) in [6, 6.07) is 25.1. The fourth-order valence-electron chi connectivity index (χ4n) is 3.37. The highest BCUT2D eigenvalue weighted by molar-refractivity contribution is 14.1. The molecular formula is C25H20IN3O2. The number of carbonyl (C=O) groups is 2. The lowest BCUT2D eigenvalue weighted by molar-refractivity contribution is -0.124. The van der Waals surface area contributed by atoms with E-state index in [0.29, 0.717) is 5.71 Å². The molecule has 0 radical (unpaired) electrons. The van der Waals surface area contributed by atoms with Gasteiger partial charge in [0.2, 0.25) is 12.1 Å². The van der Waals surface area contributed by atoms with Crippen LogP contribution in [0.2, 0.25) is 0 Å². The zero-order valence-corrected chi connectivity index (χ0v) is 19.0. The van der Waals surface area contributed by atoms with Crippen LogP contribution in [-0.4, -0.2) is 30.7 Å². The number of benzene rings is 3. The predicted octanol–water partition coefficient (Wildman–Crippen LogP) is 4.26. The number of amides is 2. The van der Waals surface area contributed by atoms with Crippen LogP contribution in [0.1, 0.15) is 16.7 Å². The van der Waals surface area contributed by atoms with Crippen LogP contribution < -0.4 is 10.2 Å². The number of benzodiazepines with no additional fused rings is 1. The van der Waals surface area contributed by atoms with Crippen molar-refractivity contribution in [2.75, 3.05) is 11.9 Å². The van der Waals surface area contributed by atoms with Crippen molar-refractivity contribution in [3.8, 4) is 0 Å². The lowest BCUT2D eigenvalue weighted by atomic mass is 10.0. The van der Waals surface area contributed by atoms with Gasteiger partial charge in [0, 0.05) is 27.8 Å². The van der Waals surface area contributed by atoms with Crippen molar-refractivity contribution >= 4 is 51.9 Å². The van der Waals surface area contributed by atoms with E-state index in [-0.39, 0.29) is 11.8 Å². The Bertz CT molecular complexity index is 1170. The second-order valence-electron chi connectivity index (χ2n) is 7.05. The third kappa shape index (κ3) is 4.74. The first-order valence-electron chi connectivity index (χ1n) is 9.77. The summed E-state index contributed by atoms with van der Waals surface area (Å²) in [6.45, 7) is 0. The summed E-state index contributed by atoms with van der Waals surface area (Å²) in [6.07, 6.45) is 2.11. The van der Waals surface area contributed by atoms with Crippen LogP contribution >= 0.6 is 22.6 Å². The van der Waals surface area contributed by atoms with E-state index >= 15 is 0 Å². The third-order valence-electron chi connectivity index (χ3n) is 4.97. The molecule has 1 aliphatic rings. The predicted molar refractivity (Wildman–Crippen MR) is 132 cm³/mol. The summed E-state index contributed by atoms with van der Waals surface area (Å²) in [4.78, 5) is 31.9. The van der Waals surface area contributed by atoms with Crippen molar-refractivity contribution in [2.45, 2.75) is 6.17 Å². The van der Waals surface area contributed by atoms with Crippen LogP contribution in [0.25, 0.3) is 6.08 Å². The highest BCUT2D eigenvalue weighted by Gasteiger charge is 2.30. The van der Waals surface area contributed by atoms with Crippen LogP contribution in [0.4, 0.5) is 5.69 Å². The molecule has 0 aromatic heterocycles. The molecule has 1 aliphatic heterocycles. The van der Waals surface area contributed by atoms with Crippen molar-refractivity contribution in [2.24, 2.45) is 4.99 Å². The van der Waals surface area contributed by atoms with Crippen molar-refractivity contribution in [1.82, 2.24) is 5.32 Å². The first kappa shape index (κ1) is 21.0. The fraction of sp³-hybridized carbons (Fsp3) is 0.0800. The molecule has 5 nitrogen and oxygen atoms in total. The first-order valence-corrected chi connectivity index (χ1v) is 10.8. The molecule has 6 heteroatoms. The molecule has 0 bridgehead atoms. The minimum Gasteiger partial charge on any atom is -0.323 e. The van der Waals surface area contributed by atoms with Crippen LogP contribution in [0.15, 0.2) is 89.9 Å². The molecule has 1 heterocycles. The average Bonchev–Trinajstić information content (AvgIpc) is 2.90. The standard InChI is InChI=1S/C25H20IN3O2/c1-29-21-10-6-5-9-20(21)23(18-7-3-2-4-8-18)28-24(25(29)31)27-22(30)16-13-17-11-14-19(26)15-12-17/h2-16,24H,1H3,(H,27,30)/t24-/m1/s1. The third-order valence-corrected chi connectivity index (χ3v) is 5.69. The molecule has 3 aromatic rings. The second kappa shape index (κ2) is 9.26. The number of aliphatic imine (C=N–C) groups is 1. The van der Waals surface area contributed by atoms with E-state index < -0.39 is 6.17 Å². The highest BCUT2D eigenvalue weighted by Crippen LogP contribution is 2.27. The van der Waals surface area contributed by atoms with Gasteiger partial charge in [0.05, 0.1) is 11.4 Å². The number of hydrogen-bond donors (Lipinski definition) is 1. The number of anilines is 1. The topological polar surface area (TPSA) is 61.8 Å². The van der Waals surface area contributed by atoms with Gasteiger partial charge in [-0.3, -0.25) is 9.59 Å². The molecule has 154 valence electrons. The van der Waals surface area contributed by atoms with E-state index in [1.807, 2.05) is 78.9 Å². The van der Waals surface area contributed by atoms with Gasteiger partial charge in [-0.15, -0.1) is 0 Å². The molecule has 0 spiro atoms. The zero-order valence-electron chi connectivity index (χ0n) is 16.8. The smallest absolute Gasteiger partial charge is 0.272 e. The number of rotatable bonds is 4. The number of likely N-dealkylation sites (N-methyl/N-ethyl adjacent to an activating group) is 1. The Morgan fingerprint density at radius 1 is 1.00 bits per heavy atom. The fourth-order valence-corrected chi connectivity index (χ4v) is 3.73. The Morgan fingerprint density at radius 2 is 1.68 bits per heavy atom. The summed E-state index contributed by atoms with van der Waals surface area (Å²) in [7, 11) is 1.70. The quantitative estimate of drug-likeness (QED) is 0.412. The minimum atomic E-state index is -1.03. The molecule has 0 saturated heterocycles. The van der Waals surface area contributed by atoms with E-state index in [0.717, 1.165) is 25.9 Å². The normalized spacial score (nSPS) is 15.9. The number of fused-ring (bicyclic) bond motifs is 1. The van der Waals surface area contributed by atoms with Gasteiger partial charge in [-0.25, -0.2) is 4.99 Å². The highest BCUT2D eigenvalue weighted by atomic mass is 127. The first-order chi connectivity index (χ1) is 15.0. The number of carbonyl (C=O) groups excluding carboxylic acids is 2. The van der Waals surface area contributed by atoms with Gasteiger partial charge in [0.1, 0.15) is 0 Å². The molecule has 0 unspecified atom stereocenters. The van der Waals surface area contributed by atoms with Gasteiger partial charge in [-0.05, 0) is 52.4 Å². The molecule has 1 atom stereocenters. The van der Waals surface area contributed by atoms with Gasteiger partial charge >= 0.3 is 0 Å². The Kier molecular flexibility index (Phi) is 6.27. The number of nitrogens with one attached hydrogen (secondary N) is 1. The van der Waals surface area contributed by atoms with Crippen LogP contribution in [0.3, 0.4) is 0 Å². The number of nitrogens with zero attached hydrogens (tertiary/aromatic N) is 2. The number of para-hydroxylation sites is 1. The van der Waals surface area contributed by atoms with Crippen molar-refractivity contribution in [3.63, 3.8) is 0 Å². The summed E-state index contributed by atoms with van der Waals surface area (Å²) < 4.78 is 1.12. The minimum absolute atomic E-state index is 0.297. The molecule has 0 saturated carbocycles. The molecule has 4 rings (SSSR count). The summed E-state index contributed by atoms with van der Waals surface area (Å²) in [5.74, 6) is -0.679. The maximum Gasteiger partial charge on any atom is 0.272 e. The molecule has 3 aromatic carbocycles. The van der Waals surface area contributed by atoms with Crippen LogP contribution in [-0.2, 0) is 9.59 Å². The Labute approximate surface area is 194 Å². The monoisotopic (exact) mass is 521 g/mol. The van der Waals surface area contributed by atoms with Crippen LogP contribution in [0, 0.1) is 3.57 Å². The largest absolute Gasteiger partial charge is 0.323 e. The Balaban J connectivity index is 1.66. The average molecular weight is 521 g/mol. The molecular weight excluding hydrogens is 501 g/mol. The zero-order chi connectivity index (χ0) is 21.8. The number of halogens is 1. The van der Waals surface area contributed by atoms with E-state index in [1.165, 1.54) is 6.08 Å². The lowest BCUT2D eigenvalue weighted by Crippen LogP contribution is -2.45. The summed E-state index contributed by atoms with van der Waals surface area (Å²) in [5, 5.41) is 2.75. The van der Waals surface area contributed by atoms with Crippen molar-refractivity contribution < 1.29 is 9.59 Å². The van der Waals surface area contributed by atoms with Gasteiger partial charge < -0.3 is 10.2 Å². The van der Waals surface area contributed by atoms with E-state index in [4.69, 9.17) is 0 Å². The summed E-state index contributed by atoms with van der Waals surface area (Å²) >= 11 is 2.23. The Hall–Kier alpha value is -3.26. The van der Waals surface area contributed by atoms with Gasteiger partial charge in [-0.2, -0.15) is 0 Å². The van der Waals surface area contributed by atoms with Gasteiger partial charge in [0.25, 0.3) is 5.91 Å². The molecule has 2 amide bonds. The van der Waals surface area contributed by atoms with E-state index in [1.54, 1.807) is 18.0 Å². The number of hydrogen-bond acceptors (Lipinski definition) is 3. The maximum absolute atomic E-state index is 13.1. The second-order valence-corrected chi connectivity index (χ2v) is 8.30. The molecule has 1 N–H and O–H groups in total. The van der Waals surface area contributed by atoms with E-state index in [9.17, 15) is 9.59 Å². The molecule has 31 heavy (non-hydrogen) atoms. The Morgan fingerprint density at radius 3 is 2.42 bits per heavy atom. The van der Waals surface area contributed by atoms with Gasteiger partial charge in [0.15, 0.2) is 0 Å². The van der Waals surface area contributed by atoms with E-state index in [2.05, 4.69) is 32.9 Å². The van der Waals surface area contributed by atoms with Crippen molar-refractivity contribution in [3.05, 3.63) is 105 Å². The maximum atomic E-state index is 13.1. The van der Waals surface area contributed by atoms with Crippen LogP contribution in [0.5, 0.6) is 0 Å². The molecule has 0 aliphatic carbocycles. The summed E-state index contributed by atoms with van der Waals surface area (Å²) in [5.41, 5.74) is 4.05. The van der Waals surface area contributed by atoms with Gasteiger partial charge in [-0.1, -0.05) is 60.7 Å². The molecule has 0 fully saturated rings. The lowest BCUT2D eigenvalue weighted by Gasteiger charge is -2.20.